The average Bonchev–Trinajstić information content (AvgIpc) is 2.49. The van der Waals surface area contributed by atoms with Crippen molar-refractivity contribution in [3.8, 4) is 0 Å². The molecule has 1 atom stereocenters. The van der Waals surface area contributed by atoms with E-state index < -0.39 is 15.9 Å². The van der Waals surface area contributed by atoms with Crippen LogP contribution >= 0.6 is 0 Å². The highest BCUT2D eigenvalue weighted by molar-refractivity contribution is 7.91. The van der Waals surface area contributed by atoms with Crippen molar-refractivity contribution in [2.45, 2.75) is 26.3 Å². The summed E-state index contributed by atoms with van der Waals surface area (Å²) in [7, 11) is -3.02. The molecular formula is C16H22N2O4S. The van der Waals surface area contributed by atoms with E-state index in [0.717, 1.165) is 11.1 Å². The van der Waals surface area contributed by atoms with Gasteiger partial charge in [-0.25, -0.2) is 8.42 Å². The minimum absolute atomic E-state index is 0.0111. The Morgan fingerprint density at radius 1 is 1.17 bits per heavy atom. The van der Waals surface area contributed by atoms with Crippen LogP contribution in [0, 0.1) is 6.92 Å². The van der Waals surface area contributed by atoms with E-state index in [1.165, 1.54) is 4.90 Å². The Balaban J connectivity index is 1.85. The Morgan fingerprint density at radius 3 is 2.30 bits per heavy atom. The number of carbonyl (C=O) groups is 2. The lowest BCUT2D eigenvalue weighted by atomic mass is 10.1. The van der Waals surface area contributed by atoms with Crippen LogP contribution in [-0.4, -0.2) is 55.8 Å². The lowest BCUT2D eigenvalue weighted by Crippen LogP contribution is -2.51. The number of amides is 2. The highest BCUT2D eigenvalue weighted by atomic mass is 32.2. The highest BCUT2D eigenvalue weighted by Crippen LogP contribution is 2.07. The van der Waals surface area contributed by atoms with Crippen LogP contribution < -0.4 is 5.32 Å². The third-order valence-corrected chi connectivity index (χ3v) is 5.50. The molecule has 1 aliphatic heterocycles. The predicted molar refractivity (Wildman–Crippen MR) is 87.7 cm³/mol. The molecule has 2 rings (SSSR count). The SMILES string of the molecule is Cc1ccc(CC(=O)N[C@H](C)C(=O)N2CCS(=O)(=O)CC2)cc1. The third kappa shape index (κ3) is 5.06. The van der Waals surface area contributed by atoms with Crippen molar-refractivity contribution >= 4 is 21.7 Å². The zero-order valence-corrected chi connectivity index (χ0v) is 14.2. The summed E-state index contributed by atoms with van der Waals surface area (Å²) in [5, 5.41) is 2.68. The summed E-state index contributed by atoms with van der Waals surface area (Å²) in [6, 6.07) is 6.98. The standard InChI is InChI=1S/C16H22N2O4S/c1-12-3-5-14(6-4-12)11-15(19)17-13(2)16(20)18-7-9-23(21,22)10-8-18/h3-6,13H,7-11H2,1-2H3,(H,17,19)/t13-/m1/s1. The molecule has 7 heteroatoms. The van der Waals surface area contributed by atoms with Crippen LogP contribution in [0.1, 0.15) is 18.1 Å². The summed E-state index contributed by atoms with van der Waals surface area (Å²) >= 11 is 0. The molecule has 0 aromatic heterocycles. The van der Waals surface area contributed by atoms with Crippen LogP contribution in [0.3, 0.4) is 0 Å². The Morgan fingerprint density at radius 2 is 1.74 bits per heavy atom. The maximum absolute atomic E-state index is 12.3. The van der Waals surface area contributed by atoms with Gasteiger partial charge in [-0.1, -0.05) is 29.8 Å². The van der Waals surface area contributed by atoms with E-state index in [9.17, 15) is 18.0 Å². The monoisotopic (exact) mass is 338 g/mol. The van der Waals surface area contributed by atoms with Gasteiger partial charge in [0.15, 0.2) is 9.84 Å². The molecule has 1 heterocycles. The minimum Gasteiger partial charge on any atom is -0.344 e. The van der Waals surface area contributed by atoms with Crippen LogP contribution in [0.2, 0.25) is 0 Å². The van der Waals surface area contributed by atoms with Gasteiger partial charge < -0.3 is 10.2 Å². The fraction of sp³-hybridized carbons (Fsp3) is 0.500. The number of hydrogen-bond donors (Lipinski definition) is 1. The van der Waals surface area contributed by atoms with Crippen molar-refractivity contribution in [1.29, 1.82) is 0 Å². The molecule has 6 nitrogen and oxygen atoms in total. The first-order valence-corrected chi connectivity index (χ1v) is 9.43. The maximum Gasteiger partial charge on any atom is 0.244 e. The molecule has 0 aliphatic carbocycles. The lowest BCUT2D eigenvalue weighted by molar-refractivity contribution is -0.135. The van der Waals surface area contributed by atoms with Gasteiger partial charge in [0.1, 0.15) is 6.04 Å². The second kappa shape index (κ2) is 7.12. The summed E-state index contributed by atoms with van der Waals surface area (Å²) in [5.74, 6) is -0.484. The van der Waals surface area contributed by atoms with Crippen LogP contribution in [0.25, 0.3) is 0 Å². The molecule has 0 spiro atoms. The molecule has 1 aliphatic rings. The smallest absolute Gasteiger partial charge is 0.244 e. The molecule has 1 fully saturated rings. The molecule has 0 radical (unpaired) electrons. The molecule has 1 saturated heterocycles. The van der Waals surface area contributed by atoms with E-state index in [1.807, 2.05) is 31.2 Å². The van der Waals surface area contributed by atoms with Crippen molar-refractivity contribution in [1.82, 2.24) is 10.2 Å². The summed E-state index contributed by atoms with van der Waals surface area (Å²) < 4.78 is 22.8. The first kappa shape index (κ1) is 17.5. The maximum atomic E-state index is 12.3. The van der Waals surface area contributed by atoms with E-state index in [2.05, 4.69) is 5.32 Å². The fourth-order valence-electron chi connectivity index (χ4n) is 2.45. The Kier molecular flexibility index (Phi) is 5.41. The number of rotatable bonds is 4. The van der Waals surface area contributed by atoms with Crippen molar-refractivity contribution < 1.29 is 18.0 Å². The summed E-state index contributed by atoms with van der Waals surface area (Å²) in [4.78, 5) is 25.8. The van der Waals surface area contributed by atoms with Crippen LogP contribution in [0.4, 0.5) is 0 Å². The Hall–Kier alpha value is -1.89. The van der Waals surface area contributed by atoms with Crippen molar-refractivity contribution in [3.63, 3.8) is 0 Å². The van der Waals surface area contributed by atoms with Crippen LogP contribution in [0.15, 0.2) is 24.3 Å². The Bertz CT molecular complexity index is 669. The van der Waals surface area contributed by atoms with E-state index in [4.69, 9.17) is 0 Å². The van der Waals surface area contributed by atoms with Crippen molar-refractivity contribution in [2.24, 2.45) is 0 Å². The number of nitrogens with zero attached hydrogens (tertiary/aromatic N) is 1. The number of carbonyl (C=O) groups excluding carboxylic acids is 2. The minimum atomic E-state index is -3.02. The summed E-state index contributed by atoms with van der Waals surface area (Å²) in [6.07, 6.45) is 0.215. The molecular weight excluding hydrogens is 316 g/mol. The van der Waals surface area contributed by atoms with Crippen LogP contribution in [0.5, 0.6) is 0 Å². The number of nitrogens with one attached hydrogen (secondary N) is 1. The zero-order valence-electron chi connectivity index (χ0n) is 13.4. The van der Waals surface area contributed by atoms with Crippen molar-refractivity contribution in [2.75, 3.05) is 24.6 Å². The second-order valence-electron chi connectivity index (χ2n) is 5.93. The van der Waals surface area contributed by atoms with E-state index in [1.54, 1.807) is 6.92 Å². The van der Waals surface area contributed by atoms with Gasteiger partial charge in [0.2, 0.25) is 11.8 Å². The quantitative estimate of drug-likeness (QED) is 0.856. The normalized spacial score (nSPS) is 18.3. The molecule has 23 heavy (non-hydrogen) atoms. The zero-order chi connectivity index (χ0) is 17.0. The number of hydrogen-bond acceptors (Lipinski definition) is 4. The van der Waals surface area contributed by atoms with E-state index >= 15 is 0 Å². The lowest BCUT2D eigenvalue weighted by Gasteiger charge is -2.29. The predicted octanol–water partition coefficient (Wildman–Crippen LogP) is 0.299. The topological polar surface area (TPSA) is 83.6 Å². The molecule has 1 N–H and O–H groups in total. The first-order valence-electron chi connectivity index (χ1n) is 7.61. The molecule has 0 saturated carbocycles. The second-order valence-corrected chi connectivity index (χ2v) is 8.23. The molecule has 1 aromatic carbocycles. The molecule has 2 amide bonds. The van der Waals surface area contributed by atoms with Crippen molar-refractivity contribution in [3.05, 3.63) is 35.4 Å². The van der Waals surface area contributed by atoms with E-state index in [0.29, 0.717) is 0 Å². The van der Waals surface area contributed by atoms with Gasteiger partial charge in [-0.2, -0.15) is 0 Å². The van der Waals surface area contributed by atoms with Gasteiger partial charge >= 0.3 is 0 Å². The molecule has 1 aromatic rings. The molecule has 0 unspecified atom stereocenters. The summed E-state index contributed by atoms with van der Waals surface area (Å²) in [6.45, 7) is 3.99. The third-order valence-electron chi connectivity index (χ3n) is 3.89. The van der Waals surface area contributed by atoms with Gasteiger partial charge in [0, 0.05) is 13.1 Å². The first-order chi connectivity index (χ1) is 10.8. The number of benzene rings is 1. The fourth-order valence-corrected chi connectivity index (χ4v) is 3.65. The molecule has 0 bridgehead atoms. The average molecular weight is 338 g/mol. The van der Waals surface area contributed by atoms with Gasteiger partial charge in [-0.15, -0.1) is 0 Å². The number of sulfone groups is 1. The van der Waals surface area contributed by atoms with Crippen LogP contribution in [-0.2, 0) is 25.8 Å². The van der Waals surface area contributed by atoms with Gasteiger partial charge in [-0.3, -0.25) is 9.59 Å². The summed E-state index contributed by atoms with van der Waals surface area (Å²) in [5.41, 5.74) is 2.01. The van der Waals surface area contributed by atoms with Gasteiger partial charge in [0.05, 0.1) is 17.9 Å². The molecule has 126 valence electrons. The van der Waals surface area contributed by atoms with Gasteiger partial charge in [0.25, 0.3) is 0 Å². The highest BCUT2D eigenvalue weighted by Gasteiger charge is 2.28. The largest absolute Gasteiger partial charge is 0.344 e. The Labute approximate surface area is 136 Å². The van der Waals surface area contributed by atoms with E-state index in [-0.39, 0.29) is 42.8 Å². The van der Waals surface area contributed by atoms with Gasteiger partial charge in [-0.05, 0) is 19.4 Å². The number of aryl methyl sites for hydroxylation is 1.